The minimum absolute atomic E-state index is 0.291. The van der Waals surface area contributed by atoms with Gasteiger partial charge in [-0.15, -0.1) is 0 Å². The molecule has 0 fully saturated rings. The first-order valence-electron chi connectivity index (χ1n) is 3.59. The van der Waals surface area contributed by atoms with Crippen LogP contribution >= 0.6 is 10.5 Å². The second-order valence-corrected chi connectivity index (χ2v) is 5.34. The summed E-state index contributed by atoms with van der Waals surface area (Å²) < 4.78 is 0. The van der Waals surface area contributed by atoms with Crippen molar-refractivity contribution in [3.63, 3.8) is 0 Å². The highest BCUT2D eigenvalue weighted by atomic mass is 32.2. The van der Waals surface area contributed by atoms with E-state index in [1.54, 1.807) is 0 Å². The van der Waals surface area contributed by atoms with Crippen LogP contribution in [0.15, 0.2) is 0 Å². The molecule has 0 heterocycles. The Balaban J connectivity index is 3.56. The minimum atomic E-state index is 0.291. The summed E-state index contributed by atoms with van der Waals surface area (Å²) >= 11 is 0. The maximum atomic E-state index is 3.98. The molecule has 0 bridgehead atoms. The summed E-state index contributed by atoms with van der Waals surface area (Å²) in [6.45, 7) is 4.44. The van der Waals surface area contributed by atoms with Gasteiger partial charge in [-0.1, -0.05) is 5.87 Å². The first-order valence-corrected chi connectivity index (χ1v) is 5.56. The number of nitrogens with one attached hydrogen (secondary N) is 1. The monoisotopic (exact) mass is 161 g/mol. The largest absolute Gasteiger partial charge is 0.315 e. The molecule has 0 rings (SSSR count). The predicted octanol–water partition coefficient (Wildman–Crippen LogP) is 1.71. The summed E-state index contributed by atoms with van der Waals surface area (Å²) in [6.07, 6.45) is 3.40. The van der Waals surface area contributed by atoms with Gasteiger partial charge in [0.15, 0.2) is 0 Å². The topological polar surface area (TPSA) is 12.0 Å². The maximum Gasteiger partial charge on any atom is 0.0129 e. The van der Waals surface area contributed by atoms with Gasteiger partial charge >= 0.3 is 0 Å². The zero-order valence-corrected chi connectivity index (χ0v) is 8.35. The third kappa shape index (κ3) is 5.00. The first-order chi connectivity index (χ1) is 4.48. The van der Waals surface area contributed by atoms with Gasteiger partial charge in [-0.2, -0.15) is 10.5 Å². The molecule has 0 saturated carbocycles. The molecule has 0 saturated heterocycles. The Morgan fingerprint density at radius 1 is 1.50 bits per heavy atom. The van der Waals surface area contributed by atoms with Gasteiger partial charge in [0.05, 0.1) is 0 Å². The predicted molar refractivity (Wildman–Crippen MR) is 53.3 cm³/mol. The van der Waals surface area contributed by atoms with Crippen molar-refractivity contribution in [1.82, 2.24) is 5.32 Å². The molecule has 1 atom stereocenters. The fraction of sp³-hybridized carbons (Fsp3) is 0.875. The molecule has 0 aromatic heterocycles. The van der Waals surface area contributed by atoms with E-state index in [4.69, 9.17) is 0 Å². The zero-order valence-electron chi connectivity index (χ0n) is 7.53. The van der Waals surface area contributed by atoms with Crippen LogP contribution < -0.4 is 5.32 Å². The Morgan fingerprint density at radius 2 is 2.00 bits per heavy atom. The lowest BCUT2D eigenvalue weighted by molar-refractivity contribution is 0.414. The molecular weight excluding hydrogens is 142 g/mol. The van der Waals surface area contributed by atoms with Gasteiger partial charge in [-0.3, -0.25) is 0 Å². The second-order valence-electron chi connectivity index (χ2n) is 3.37. The Kier molecular flexibility index (Phi) is 4.22. The van der Waals surface area contributed by atoms with Crippen LogP contribution in [0.1, 0.15) is 20.3 Å². The molecule has 10 heavy (non-hydrogen) atoms. The number of rotatable bonds is 4. The fourth-order valence-electron chi connectivity index (χ4n) is 0.554. The van der Waals surface area contributed by atoms with E-state index in [1.165, 1.54) is 12.2 Å². The zero-order chi connectivity index (χ0) is 8.20. The summed E-state index contributed by atoms with van der Waals surface area (Å²) in [7, 11) is 2.36. The molecule has 1 unspecified atom stereocenters. The molecule has 0 aromatic rings. The number of hydrogen-bond donors (Lipinski definition) is 1. The van der Waals surface area contributed by atoms with E-state index in [0.717, 1.165) is 0 Å². The normalized spacial score (nSPS) is 15.2. The van der Waals surface area contributed by atoms with Crippen molar-refractivity contribution in [1.29, 1.82) is 0 Å². The van der Waals surface area contributed by atoms with Crippen molar-refractivity contribution in [2.75, 3.05) is 19.1 Å². The summed E-state index contributed by atoms with van der Waals surface area (Å²) in [5, 5.41) is 3.27. The highest BCUT2D eigenvalue weighted by Crippen LogP contribution is 2.13. The van der Waals surface area contributed by atoms with E-state index >= 15 is 0 Å². The lowest BCUT2D eigenvalue weighted by atomic mass is 10.0. The maximum absolute atomic E-state index is 3.98. The molecule has 0 radical (unpaired) electrons. The summed E-state index contributed by atoms with van der Waals surface area (Å²) in [5.74, 6) is 5.21. The summed E-state index contributed by atoms with van der Waals surface area (Å²) in [6, 6.07) is 0. The standard InChI is InChI=1S/C8H19NS/c1-8(2,9-3)6-7-10(4)5/h9H,4,6-7H2,1-3,5H3. The van der Waals surface area contributed by atoms with Gasteiger partial charge in [-0.25, -0.2) is 0 Å². The Morgan fingerprint density at radius 3 is 2.30 bits per heavy atom. The van der Waals surface area contributed by atoms with E-state index in [-0.39, 0.29) is 0 Å². The Bertz CT molecular complexity index is 118. The van der Waals surface area contributed by atoms with Crippen LogP contribution in [0.2, 0.25) is 0 Å². The fourth-order valence-corrected chi connectivity index (χ4v) is 1.41. The molecule has 0 aliphatic carbocycles. The van der Waals surface area contributed by atoms with Crippen LogP contribution in [0.5, 0.6) is 0 Å². The van der Waals surface area contributed by atoms with Crippen molar-refractivity contribution in [2.45, 2.75) is 25.8 Å². The minimum Gasteiger partial charge on any atom is -0.315 e. The van der Waals surface area contributed by atoms with Crippen molar-refractivity contribution < 1.29 is 0 Å². The van der Waals surface area contributed by atoms with Gasteiger partial charge < -0.3 is 5.32 Å². The quantitative estimate of drug-likeness (QED) is 0.619. The van der Waals surface area contributed by atoms with Crippen molar-refractivity contribution in [3.8, 4) is 0 Å². The van der Waals surface area contributed by atoms with E-state index in [0.29, 0.717) is 16.0 Å². The van der Waals surface area contributed by atoms with Gasteiger partial charge in [0.1, 0.15) is 0 Å². The first kappa shape index (κ1) is 10.2. The molecule has 0 amide bonds. The molecule has 0 aliphatic rings. The van der Waals surface area contributed by atoms with Gasteiger partial charge in [0, 0.05) is 5.54 Å². The van der Waals surface area contributed by atoms with Crippen molar-refractivity contribution in [2.24, 2.45) is 0 Å². The smallest absolute Gasteiger partial charge is 0.0129 e. The third-order valence-corrected chi connectivity index (χ3v) is 2.65. The van der Waals surface area contributed by atoms with Crippen LogP contribution in [0, 0.1) is 0 Å². The van der Waals surface area contributed by atoms with Crippen LogP contribution in [-0.4, -0.2) is 30.5 Å². The lowest BCUT2D eigenvalue weighted by Gasteiger charge is -2.23. The molecule has 0 aliphatic heterocycles. The SMILES string of the molecule is C=S(C)CCC(C)(C)NC. The molecule has 0 aromatic carbocycles. The lowest BCUT2D eigenvalue weighted by Crippen LogP contribution is -2.36. The molecule has 0 spiro atoms. The second kappa shape index (κ2) is 4.14. The molecule has 1 N–H and O–H groups in total. The van der Waals surface area contributed by atoms with Crippen molar-refractivity contribution in [3.05, 3.63) is 0 Å². The van der Waals surface area contributed by atoms with Gasteiger partial charge in [-0.05, 0) is 39.3 Å². The van der Waals surface area contributed by atoms with E-state index < -0.39 is 0 Å². The molecule has 2 heteroatoms. The highest BCUT2D eigenvalue weighted by Gasteiger charge is 2.12. The van der Waals surface area contributed by atoms with E-state index in [2.05, 4.69) is 31.3 Å². The average molecular weight is 161 g/mol. The highest BCUT2D eigenvalue weighted by molar-refractivity contribution is 8.13. The third-order valence-electron chi connectivity index (χ3n) is 1.75. The number of hydrogen-bond acceptors (Lipinski definition) is 1. The van der Waals surface area contributed by atoms with E-state index in [1.807, 2.05) is 7.05 Å². The molecule has 1 nitrogen and oxygen atoms in total. The van der Waals surface area contributed by atoms with Crippen LogP contribution in [0.4, 0.5) is 0 Å². The van der Waals surface area contributed by atoms with Gasteiger partial charge in [0.25, 0.3) is 0 Å². The van der Waals surface area contributed by atoms with Crippen LogP contribution in [-0.2, 0) is 0 Å². The van der Waals surface area contributed by atoms with Crippen LogP contribution in [0.25, 0.3) is 0 Å². The van der Waals surface area contributed by atoms with Crippen molar-refractivity contribution >= 4 is 16.4 Å². The van der Waals surface area contributed by atoms with E-state index in [9.17, 15) is 0 Å². The van der Waals surface area contributed by atoms with Gasteiger partial charge in [0.2, 0.25) is 0 Å². The summed E-state index contributed by atoms with van der Waals surface area (Å²) in [5.41, 5.74) is 0.291. The summed E-state index contributed by atoms with van der Waals surface area (Å²) in [4.78, 5) is 0. The Hall–Kier alpha value is 0.180. The Labute approximate surface area is 67.1 Å². The molecular formula is C8H19NS. The van der Waals surface area contributed by atoms with Crippen LogP contribution in [0.3, 0.4) is 0 Å². The average Bonchev–Trinajstić information content (AvgIpc) is 1.85. The molecule has 62 valence electrons.